The fourth-order valence-electron chi connectivity index (χ4n) is 2.42. The lowest BCUT2D eigenvalue weighted by molar-refractivity contribution is -0.143. The normalized spacial score (nSPS) is 17.9. The molecule has 21 heavy (non-hydrogen) atoms. The van der Waals surface area contributed by atoms with Crippen molar-refractivity contribution in [1.82, 2.24) is 4.90 Å². The lowest BCUT2D eigenvalue weighted by atomic mass is 9.90. The predicted octanol–water partition coefficient (Wildman–Crippen LogP) is 2.69. The molecule has 0 aromatic heterocycles. The van der Waals surface area contributed by atoms with Crippen LogP contribution in [0.5, 0.6) is 0 Å². The smallest absolute Gasteiger partial charge is 0.410 e. The van der Waals surface area contributed by atoms with Gasteiger partial charge in [0.1, 0.15) is 5.60 Å². The molecule has 1 aromatic carbocycles. The lowest BCUT2D eigenvalue weighted by Crippen LogP contribution is -2.43. The third-order valence-corrected chi connectivity index (χ3v) is 3.33. The predicted molar refractivity (Wildman–Crippen MR) is 77.8 cm³/mol. The molecule has 0 fully saturated rings. The minimum Gasteiger partial charge on any atom is -0.468 e. The van der Waals surface area contributed by atoms with Gasteiger partial charge in [-0.25, -0.2) is 4.79 Å². The van der Waals surface area contributed by atoms with E-state index >= 15 is 0 Å². The maximum Gasteiger partial charge on any atom is 0.410 e. The van der Waals surface area contributed by atoms with Gasteiger partial charge in [0.25, 0.3) is 0 Å². The zero-order valence-corrected chi connectivity index (χ0v) is 12.9. The molecule has 0 saturated heterocycles. The van der Waals surface area contributed by atoms with Crippen molar-refractivity contribution in [3.8, 4) is 0 Å². The van der Waals surface area contributed by atoms with Crippen LogP contribution in [0.1, 0.15) is 37.8 Å². The summed E-state index contributed by atoms with van der Waals surface area (Å²) < 4.78 is 10.2. The Balaban J connectivity index is 2.26. The van der Waals surface area contributed by atoms with E-state index in [9.17, 15) is 9.59 Å². The zero-order chi connectivity index (χ0) is 15.6. The number of carbonyl (C=O) groups is 2. The number of hydrogen-bond donors (Lipinski definition) is 0. The number of carbonyl (C=O) groups excluding carboxylic acids is 2. The van der Waals surface area contributed by atoms with Crippen molar-refractivity contribution in [3.05, 3.63) is 35.4 Å². The van der Waals surface area contributed by atoms with Crippen LogP contribution in [0.3, 0.4) is 0 Å². The molecule has 1 aromatic rings. The monoisotopic (exact) mass is 291 g/mol. The van der Waals surface area contributed by atoms with Gasteiger partial charge in [0.05, 0.1) is 13.0 Å². The van der Waals surface area contributed by atoms with Gasteiger partial charge in [0.2, 0.25) is 0 Å². The third kappa shape index (κ3) is 3.54. The summed E-state index contributed by atoms with van der Waals surface area (Å²) in [5, 5.41) is 0. The molecule has 0 spiro atoms. The molecule has 5 nitrogen and oxygen atoms in total. The van der Waals surface area contributed by atoms with Crippen molar-refractivity contribution in [3.63, 3.8) is 0 Å². The number of rotatable bonds is 1. The Morgan fingerprint density at radius 3 is 2.52 bits per heavy atom. The van der Waals surface area contributed by atoms with Gasteiger partial charge in [-0.1, -0.05) is 24.3 Å². The highest BCUT2D eigenvalue weighted by atomic mass is 16.6. The average Bonchev–Trinajstić information content (AvgIpc) is 2.43. The number of ether oxygens (including phenoxy) is 2. The number of methoxy groups -OCH3 is 1. The van der Waals surface area contributed by atoms with Crippen LogP contribution >= 0.6 is 0 Å². The van der Waals surface area contributed by atoms with Crippen molar-refractivity contribution in [2.45, 2.75) is 38.8 Å². The van der Waals surface area contributed by atoms with Gasteiger partial charge in [0, 0.05) is 13.1 Å². The second-order valence-electron chi connectivity index (χ2n) is 6.14. The number of hydrogen-bond acceptors (Lipinski definition) is 4. The van der Waals surface area contributed by atoms with E-state index in [2.05, 4.69) is 0 Å². The fraction of sp³-hybridized carbons (Fsp3) is 0.500. The van der Waals surface area contributed by atoms with Crippen LogP contribution in [-0.2, 0) is 20.8 Å². The molecule has 1 unspecified atom stereocenters. The minimum absolute atomic E-state index is 0.276. The SMILES string of the molecule is COC(=O)C1CN(C(=O)OC(C)(C)C)Cc2ccccc21. The van der Waals surface area contributed by atoms with Crippen molar-refractivity contribution < 1.29 is 19.1 Å². The number of nitrogens with zero attached hydrogens (tertiary/aromatic N) is 1. The number of fused-ring (bicyclic) bond motifs is 1. The number of benzene rings is 1. The maximum atomic E-state index is 12.2. The summed E-state index contributed by atoms with van der Waals surface area (Å²) in [6.45, 7) is 6.18. The second-order valence-corrected chi connectivity index (χ2v) is 6.14. The van der Waals surface area contributed by atoms with Gasteiger partial charge in [-0.3, -0.25) is 4.79 Å². The van der Waals surface area contributed by atoms with Gasteiger partial charge in [-0.05, 0) is 31.9 Å². The standard InChI is InChI=1S/C16H21NO4/c1-16(2,3)21-15(19)17-9-11-7-5-6-8-12(11)13(10-17)14(18)20-4/h5-8,13H,9-10H2,1-4H3. The van der Waals surface area contributed by atoms with E-state index in [4.69, 9.17) is 9.47 Å². The highest BCUT2D eigenvalue weighted by Gasteiger charge is 2.34. The highest BCUT2D eigenvalue weighted by Crippen LogP contribution is 2.30. The molecular formula is C16H21NO4. The van der Waals surface area contributed by atoms with Crippen LogP contribution in [0.2, 0.25) is 0 Å². The minimum atomic E-state index is -0.561. The Morgan fingerprint density at radius 1 is 1.24 bits per heavy atom. The average molecular weight is 291 g/mol. The highest BCUT2D eigenvalue weighted by molar-refractivity contribution is 5.81. The van der Waals surface area contributed by atoms with Crippen LogP contribution in [0.4, 0.5) is 4.79 Å². The Kier molecular flexibility index (Phi) is 4.21. The summed E-state index contributed by atoms with van der Waals surface area (Å²) in [4.78, 5) is 25.8. The summed E-state index contributed by atoms with van der Waals surface area (Å²) in [6.07, 6.45) is -0.411. The summed E-state index contributed by atoms with van der Waals surface area (Å²) in [7, 11) is 1.36. The van der Waals surface area contributed by atoms with Crippen LogP contribution < -0.4 is 0 Å². The van der Waals surface area contributed by atoms with E-state index in [0.717, 1.165) is 11.1 Å². The molecule has 1 amide bonds. The molecule has 114 valence electrons. The van der Waals surface area contributed by atoms with Crippen LogP contribution in [-0.4, -0.2) is 36.2 Å². The Labute approximate surface area is 124 Å². The van der Waals surface area contributed by atoms with Gasteiger partial charge < -0.3 is 14.4 Å². The third-order valence-electron chi connectivity index (χ3n) is 3.33. The summed E-state index contributed by atoms with van der Waals surface area (Å²) in [6, 6.07) is 7.61. The van der Waals surface area contributed by atoms with Crippen molar-refractivity contribution in [2.75, 3.05) is 13.7 Å². The molecule has 0 N–H and O–H groups in total. The van der Waals surface area contributed by atoms with E-state index in [1.54, 1.807) is 4.90 Å². The van der Waals surface area contributed by atoms with Crippen molar-refractivity contribution >= 4 is 12.1 Å². The topological polar surface area (TPSA) is 55.8 Å². The quantitative estimate of drug-likeness (QED) is 0.746. The molecule has 5 heteroatoms. The molecule has 2 rings (SSSR count). The molecule has 1 aliphatic rings. The van der Waals surface area contributed by atoms with E-state index in [-0.39, 0.29) is 12.5 Å². The van der Waals surface area contributed by atoms with Gasteiger partial charge in [-0.15, -0.1) is 0 Å². The number of amides is 1. The van der Waals surface area contributed by atoms with Gasteiger partial charge in [0.15, 0.2) is 0 Å². The van der Waals surface area contributed by atoms with E-state index < -0.39 is 17.6 Å². The van der Waals surface area contributed by atoms with Crippen molar-refractivity contribution in [1.29, 1.82) is 0 Å². The molecule has 0 bridgehead atoms. The fourth-order valence-corrected chi connectivity index (χ4v) is 2.42. The van der Waals surface area contributed by atoms with E-state index in [0.29, 0.717) is 6.54 Å². The molecule has 0 aliphatic carbocycles. The first-order chi connectivity index (χ1) is 9.81. The first kappa shape index (κ1) is 15.4. The Hall–Kier alpha value is -2.04. The lowest BCUT2D eigenvalue weighted by Gasteiger charge is -2.34. The molecule has 0 saturated carbocycles. The summed E-state index contributed by atoms with van der Waals surface area (Å²) in [5.74, 6) is -0.803. The van der Waals surface area contributed by atoms with E-state index in [1.165, 1.54) is 7.11 Å². The summed E-state index contributed by atoms with van der Waals surface area (Å²) in [5.41, 5.74) is 1.31. The number of esters is 1. The van der Waals surface area contributed by atoms with Crippen LogP contribution in [0, 0.1) is 0 Å². The zero-order valence-electron chi connectivity index (χ0n) is 12.9. The molecule has 0 radical (unpaired) electrons. The largest absolute Gasteiger partial charge is 0.468 e. The summed E-state index contributed by atoms with van der Waals surface area (Å²) >= 11 is 0. The Morgan fingerprint density at radius 2 is 1.90 bits per heavy atom. The first-order valence-electron chi connectivity index (χ1n) is 6.95. The van der Waals surface area contributed by atoms with Crippen molar-refractivity contribution in [2.24, 2.45) is 0 Å². The molecular weight excluding hydrogens is 270 g/mol. The molecule has 1 atom stereocenters. The maximum absolute atomic E-state index is 12.2. The second kappa shape index (κ2) is 5.76. The van der Waals surface area contributed by atoms with Crippen LogP contribution in [0.25, 0.3) is 0 Å². The van der Waals surface area contributed by atoms with Gasteiger partial charge in [-0.2, -0.15) is 0 Å². The van der Waals surface area contributed by atoms with Gasteiger partial charge >= 0.3 is 12.1 Å². The van der Waals surface area contributed by atoms with E-state index in [1.807, 2.05) is 45.0 Å². The molecule has 1 aliphatic heterocycles. The first-order valence-corrected chi connectivity index (χ1v) is 6.95. The molecule has 1 heterocycles. The Bertz CT molecular complexity index is 547. The van der Waals surface area contributed by atoms with Crippen LogP contribution in [0.15, 0.2) is 24.3 Å².